The maximum absolute atomic E-state index is 13.5. The van der Waals surface area contributed by atoms with Crippen molar-refractivity contribution in [2.75, 3.05) is 7.11 Å². The fourth-order valence-electron chi connectivity index (χ4n) is 4.79. The predicted molar refractivity (Wildman–Crippen MR) is 115 cm³/mol. The topological polar surface area (TPSA) is 104 Å². The zero-order chi connectivity index (χ0) is 21.6. The first kappa shape index (κ1) is 20.8. The van der Waals surface area contributed by atoms with Crippen LogP contribution in [0, 0.1) is 11.8 Å². The van der Waals surface area contributed by atoms with Gasteiger partial charge < -0.3 is 19.9 Å². The van der Waals surface area contributed by atoms with Gasteiger partial charge in [-0.2, -0.15) is 0 Å². The van der Waals surface area contributed by atoms with Crippen molar-refractivity contribution in [2.24, 2.45) is 11.8 Å². The zero-order valence-corrected chi connectivity index (χ0v) is 18.7. The average Bonchev–Trinajstić information content (AvgIpc) is 3.33. The molecule has 0 unspecified atom stereocenters. The Labute approximate surface area is 182 Å². The molecule has 2 heterocycles. The third-order valence-corrected chi connectivity index (χ3v) is 6.69. The van der Waals surface area contributed by atoms with Crippen LogP contribution in [0.2, 0.25) is 0 Å². The van der Waals surface area contributed by atoms with Crippen molar-refractivity contribution in [2.45, 2.75) is 51.2 Å². The number of rotatable bonds is 4. The van der Waals surface area contributed by atoms with Crippen molar-refractivity contribution >= 4 is 38.8 Å². The molecule has 4 atom stereocenters. The molecule has 1 aliphatic carbocycles. The number of H-pyrrole nitrogens is 1. The number of nitrogens with zero attached hydrogens (tertiary/aromatic N) is 2. The number of fused-ring (bicyclic) bond motifs is 3. The van der Waals surface area contributed by atoms with Gasteiger partial charge >= 0.3 is 6.09 Å². The van der Waals surface area contributed by atoms with Gasteiger partial charge in [0, 0.05) is 10.5 Å². The number of carbonyl (C=O) groups excluding carboxylic acids is 2. The van der Waals surface area contributed by atoms with Gasteiger partial charge in [0.1, 0.15) is 11.9 Å². The highest BCUT2D eigenvalue weighted by atomic mass is 79.9. The molecule has 1 saturated heterocycles. The maximum Gasteiger partial charge on any atom is 0.407 e. The Bertz CT molecular complexity index is 1050. The van der Waals surface area contributed by atoms with E-state index in [2.05, 4.69) is 26.2 Å². The Kier molecular flexibility index (Phi) is 5.57. The summed E-state index contributed by atoms with van der Waals surface area (Å²) in [5, 5.41) is 3.17. The summed E-state index contributed by atoms with van der Waals surface area (Å²) in [5.74, 6) is 0.473. The number of halogens is 1. The summed E-state index contributed by atoms with van der Waals surface area (Å²) in [6, 6.07) is 4.45. The van der Waals surface area contributed by atoms with Crippen LogP contribution in [-0.2, 0) is 9.53 Å². The molecule has 2 aliphatic rings. The second kappa shape index (κ2) is 8.02. The Balaban J connectivity index is 1.73. The largest absolute Gasteiger partial charge is 0.453 e. The lowest BCUT2D eigenvalue weighted by Gasteiger charge is -2.37. The molecule has 8 nitrogen and oxygen atoms in total. The minimum Gasteiger partial charge on any atom is -0.453 e. The van der Waals surface area contributed by atoms with E-state index in [1.807, 2.05) is 24.8 Å². The van der Waals surface area contributed by atoms with Gasteiger partial charge in [-0.1, -0.05) is 29.8 Å². The number of ether oxygens (including phenoxy) is 1. The van der Waals surface area contributed by atoms with Crippen molar-refractivity contribution in [1.82, 2.24) is 20.2 Å². The monoisotopic (exact) mass is 476 g/mol. The van der Waals surface area contributed by atoms with Crippen LogP contribution in [0.3, 0.4) is 0 Å². The number of benzene rings is 1. The van der Waals surface area contributed by atoms with Crippen LogP contribution in [0.15, 0.2) is 27.5 Å². The molecule has 1 saturated carbocycles. The number of likely N-dealkylation sites (tertiary alicyclic amines) is 1. The maximum atomic E-state index is 13.5. The first-order valence-electron chi connectivity index (χ1n) is 10.2. The van der Waals surface area contributed by atoms with E-state index in [1.165, 1.54) is 7.11 Å². The average molecular weight is 477 g/mol. The van der Waals surface area contributed by atoms with Crippen molar-refractivity contribution in [3.8, 4) is 0 Å². The molecule has 30 heavy (non-hydrogen) atoms. The zero-order valence-electron chi connectivity index (χ0n) is 17.1. The van der Waals surface area contributed by atoms with Gasteiger partial charge in [0.15, 0.2) is 0 Å². The van der Waals surface area contributed by atoms with E-state index in [0.29, 0.717) is 16.7 Å². The smallest absolute Gasteiger partial charge is 0.407 e. The van der Waals surface area contributed by atoms with Crippen LogP contribution >= 0.6 is 15.9 Å². The second-order valence-electron chi connectivity index (χ2n) is 8.39. The lowest BCUT2D eigenvalue weighted by atomic mass is 9.95. The molecule has 0 radical (unpaired) electrons. The molecule has 2 bridgehead atoms. The van der Waals surface area contributed by atoms with Gasteiger partial charge in [0.2, 0.25) is 5.91 Å². The van der Waals surface area contributed by atoms with Crippen molar-refractivity contribution in [3.63, 3.8) is 0 Å². The molecular weight excluding hydrogens is 452 g/mol. The van der Waals surface area contributed by atoms with E-state index in [-0.39, 0.29) is 35.4 Å². The fourth-order valence-corrected chi connectivity index (χ4v) is 5.15. The minimum atomic E-state index is -0.706. The fraction of sp³-hybridized carbons (Fsp3) is 0.524. The number of methoxy groups -OCH3 is 1. The number of hydrogen-bond acceptors (Lipinski definition) is 5. The second-order valence-corrected chi connectivity index (χ2v) is 9.30. The van der Waals surface area contributed by atoms with Crippen LogP contribution in [0.1, 0.15) is 45.0 Å². The Morgan fingerprint density at radius 2 is 2.10 bits per heavy atom. The summed E-state index contributed by atoms with van der Waals surface area (Å²) in [6.07, 6.45) is 2.14. The number of nitrogens with one attached hydrogen (secondary N) is 2. The number of hydrogen-bond donors (Lipinski definition) is 2. The highest BCUT2D eigenvalue weighted by molar-refractivity contribution is 9.10. The number of alkyl carbamates (subject to hydrolysis) is 1. The van der Waals surface area contributed by atoms with E-state index >= 15 is 0 Å². The summed E-state index contributed by atoms with van der Waals surface area (Å²) in [4.78, 5) is 47.5. The molecular formula is C21H25BrN4O4. The Morgan fingerprint density at radius 1 is 1.33 bits per heavy atom. The lowest BCUT2D eigenvalue weighted by molar-refractivity contribution is -0.139. The van der Waals surface area contributed by atoms with E-state index in [4.69, 9.17) is 9.72 Å². The summed E-state index contributed by atoms with van der Waals surface area (Å²) in [5.41, 5.74) is 0.375. The third-order valence-electron chi connectivity index (χ3n) is 6.20. The Morgan fingerprint density at radius 3 is 2.80 bits per heavy atom. The van der Waals surface area contributed by atoms with Gasteiger partial charge in [-0.05, 0) is 49.3 Å². The summed E-state index contributed by atoms with van der Waals surface area (Å²) < 4.78 is 5.51. The van der Waals surface area contributed by atoms with Crippen LogP contribution in [0.4, 0.5) is 4.79 Å². The number of aromatic nitrogens is 2. The third kappa shape index (κ3) is 3.59. The van der Waals surface area contributed by atoms with Crippen LogP contribution in [-0.4, -0.2) is 46.1 Å². The van der Waals surface area contributed by atoms with Crippen molar-refractivity contribution in [3.05, 3.63) is 38.9 Å². The summed E-state index contributed by atoms with van der Waals surface area (Å²) >= 11 is 3.38. The molecule has 160 valence electrons. The quantitative estimate of drug-likeness (QED) is 0.705. The Hall–Kier alpha value is -2.42. The SMILES string of the molecule is COC(=O)N[C@H](C(=O)N1[C@@H]2CC[C@@H](C2)[C@H]1c1nc2ccc(Br)cc2c(=O)[nH]1)C(C)C. The number of carbonyl (C=O) groups is 2. The molecule has 1 aromatic carbocycles. The summed E-state index contributed by atoms with van der Waals surface area (Å²) in [6.45, 7) is 3.77. The molecule has 1 aliphatic heterocycles. The number of aromatic amines is 1. The molecule has 9 heteroatoms. The molecule has 2 aromatic rings. The molecule has 1 aromatic heterocycles. The van der Waals surface area contributed by atoms with Gasteiger partial charge in [0.25, 0.3) is 5.56 Å². The van der Waals surface area contributed by atoms with Crippen LogP contribution < -0.4 is 10.9 Å². The van der Waals surface area contributed by atoms with Gasteiger partial charge in [-0.25, -0.2) is 9.78 Å². The highest BCUT2D eigenvalue weighted by Crippen LogP contribution is 2.49. The lowest BCUT2D eigenvalue weighted by Crippen LogP contribution is -2.54. The summed E-state index contributed by atoms with van der Waals surface area (Å²) in [7, 11) is 1.28. The molecule has 2 N–H and O–H groups in total. The predicted octanol–water partition coefficient (Wildman–Crippen LogP) is 3.12. The van der Waals surface area contributed by atoms with Gasteiger partial charge in [0.05, 0.1) is 24.1 Å². The normalized spacial score (nSPS) is 23.8. The van der Waals surface area contributed by atoms with Crippen molar-refractivity contribution in [1.29, 1.82) is 0 Å². The van der Waals surface area contributed by atoms with Gasteiger partial charge in [-0.15, -0.1) is 0 Å². The number of amides is 2. The molecule has 2 fully saturated rings. The number of piperidine rings is 1. The van der Waals surface area contributed by atoms with E-state index in [1.54, 1.807) is 12.1 Å². The molecule has 4 rings (SSSR count). The standard InChI is InChI=1S/C21H25BrN4O4/c1-10(2)16(24-21(29)30-3)20(28)26-13-6-4-11(8-13)17(26)18-23-15-7-5-12(22)9-14(15)19(27)25-18/h5,7,9-11,13,16-17H,4,6,8H2,1-3H3,(H,24,29)(H,23,25,27)/t11-,13+,16-,17-/m0/s1. The van der Waals surface area contributed by atoms with Crippen LogP contribution in [0.25, 0.3) is 10.9 Å². The van der Waals surface area contributed by atoms with Crippen molar-refractivity contribution < 1.29 is 14.3 Å². The molecule has 2 amide bonds. The minimum absolute atomic E-state index is 0.0825. The highest BCUT2D eigenvalue weighted by Gasteiger charge is 2.51. The molecule has 0 spiro atoms. The van der Waals surface area contributed by atoms with E-state index < -0.39 is 12.1 Å². The van der Waals surface area contributed by atoms with Crippen LogP contribution in [0.5, 0.6) is 0 Å². The van der Waals surface area contributed by atoms with Gasteiger partial charge in [-0.3, -0.25) is 9.59 Å². The van der Waals surface area contributed by atoms with E-state index in [9.17, 15) is 14.4 Å². The van der Waals surface area contributed by atoms with E-state index in [0.717, 1.165) is 23.7 Å². The first-order chi connectivity index (χ1) is 14.3. The first-order valence-corrected chi connectivity index (χ1v) is 11.0.